The van der Waals surface area contributed by atoms with Crippen molar-refractivity contribution in [1.29, 1.82) is 5.26 Å². The Morgan fingerprint density at radius 2 is 1.86 bits per heavy atom. The van der Waals surface area contributed by atoms with Crippen LogP contribution in [0, 0.1) is 16.7 Å². The summed E-state index contributed by atoms with van der Waals surface area (Å²) in [5.74, 6) is 0. The molecule has 0 amide bonds. The number of hydrogen-bond donors (Lipinski definition) is 1. The number of aromatic nitrogens is 3. The lowest BCUT2D eigenvalue weighted by Gasteiger charge is -2.24. The van der Waals surface area contributed by atoms with E-state index in [4.69, 9.17) is 4.98 Å². The largest absolute Gasteiger partial charge is 0.384 e. The lowest BCUT2D eigenvalue weighted by atomic mass is 9.93. The van der Waals surface area contributed by atoms with Crippen molar-refractivity contribution in [2.75, 3.05) is 13.1 Å². The third kappa shape index (κ3) is 4.83. The number of benzene rings is 2. The van der Waals surface area contributed by atoms with Gasteiger partial charge in [-0.15, -0.1) is 0 Å². The van der Waals surface area contributed by atoms with Crippen LogP contribution in [0.4, 0.5) is 0 Å². The highest BCUT2D eigenvalue weighted by molar-refractivity contribution is 5.78. The van der Waals surface area contributed by atoms with Gasteiger partial charge in [0.2, 0.25) is 0 Å². The molecule has 1 N–H and O–H groups in total. The van der Waals surface area contributed by atoms with Gasteiger partial charge in [-0.1, -0.05) is 57.2 Å². The van der Waals surface area contributed by atoms with Crippen LogP contribution < -0.4 is 5.69 Å². The molecule has 1 aliphatic rings. The number of aliphatic hydroxyl groups is 1. The molecular weight excluding hydrogens is 462 g/mol. The molecule has 3 heterocycles. The molecule has 7 heteroatoms. The Morgan fingerprint density at radius 3 is 2.57 bits per heavy atom. The van der Waals surface area contributed by atoms with Crippen LogP contribution in [0.5, 0.6) is 0 Å². The predicted molar refractivity (Wildman–Crippen MR) is 145 cm³/mol. The van der Waals surface area contributed by atoms with Gasteiger partial charge in [-0.2, -0.15) is 5.26 Å². The molecule has 190 valence electrons. The summed E-state index contributed by atoms with van der Waals surface area (Å²) in [4.78, 5) is 20.0. The van der Waals surface area contributed by atoms with Gasteiger partial charge in [0.25, 0.3) is 0 Å². The van der Waals surface area contributed by atoms with Crippen LogP contribution >= 0.6 is 0 Å². The SMILES string of the molecule is Cn1c(=O)n(CC(C)(C)C)c2ccc(-c3cc(CN4CCC(O)(c5ccccc5)C4)ccc3C#N)nc21. The van der Waals surface area contributed by atoms with E-state index in [9.17, 15) is 15.2 Å². The summed E-state index contributed by atoms with van der Waals surface area (Å²) in [5.41, 5.74) is 4.33. The number of rotatable bonds is 5. The molecule has 1 atom stereocenters. The molecule has 4 aromatic rings. The van der Waals surface area contributed by atoms with E-state index >= 15 is 0 Å². The maximum Gasteiger partial charge on any atom is 0.330 e. The molecule has 0 radical (unpaired) electrons. The number of nitrogens with zero attached hydrogens (tertiary/aromatic N) is 5. The van der Waals surface area contributed by atoms with Crippen LogP contribution in [0.25, 0.3) is 22.4 Å². The topological polar surface area (TPSA) is 87.1 Å². The maximum atomic E-state index is 12.9. The van der Waals surface area contributed by atoms with Gasteiger partial charge in [0.15, 0.2) is 5.65 Å². The lowest BCUT2D eigenvalue weighted by Crippen LogP contribution is -2.30. The average molecular weight is 496 g/mol. The maximum absolute atomic E-state index is 12.9. The number of imidazole rings is 1. The Morgan fingerprint density at radius 1 is 1.11 bits per heavy atom. The number of hydrogen-bond acceptors (Lipinski definition) is 5. The van der Waals surface area contributed by atoms with E-state index in [-0.39, 0.29) is 11.1 Å². The van der Waals surface area contributed by atoms with Crippen LogP contribution in [0.15, 0.2) is 65.5 Å². The van der Waals surface area contributed by atoms with E-state index < -0.39 is 5.60 Å². The second kappa shape index (κ2) is 9.29. The first-order valence-electron chi connectivity index (χ1n) is 12.7. The Hall–Kier alpha value is -3.73. The molecule has 7 nitrogen and oxygen atoms in total. The molecule has 1 unspecified atom stereocenters. The molecule has 1 fully saturated rings. The minimum atomic E-state index is -0.853. The highest BCUT2D eigenvalue weighted by Gasteiger charge is 2.37. The third-order valence-corrected chi connectivity index (χ3v) is 7.14. The normalized spacial score (nSPS) is 18.4. The van der Waals surface area contributed by atoms with Crippen LogP contribution in [0.2, 0.25) is 0 Å². The highest BCUT2D eigenvalue weighted by atomic mass is 16.3. The van der Waals surface area contributed by atoms with Gasteiger partial charge in [-0.25, -0.2) is 9.78 Å². The van der Waals surface area contributed by atoms with Gasteiger partial charge in [-0.05, 0) is 47.2 Å². The summed E-state index contributed by atoms with van der Waals surface area (Å²) in [6.45, 7) is 8.91. The first-order valence-corrected chi connectivity index (χ1v) is 12.7. The van der Waals surface area contributed by atoms with Crippen molar-refractivity contribution >= 4 is 11.2 Å². The molecule has 0 aliphatic carbocycles. The summed E-state index contributed by atoms with van der Waals surface area (Å²) in [5, 5.41) is 21.0. The molecule has 1 aliphatic heterocycles. The van der Waals surface area contributed by atoms with Crippen LogP contribution in [0.1, 0.15) is 43.9 Å². The third-order valence-electron chi connectivity index (χ3n) is 7.14. The Balaban J connectivity index is 1.46. The summed E-state index contributed by atoms with van der Waals surface area (Å²) in [6, 6.07) is 21.8. The Labute approximate surface area is 217 Å². The molecule has 37 heavy (non-hydrogen) atoms. The summed E-state index contributed by atoms with van der Waals surface area (Å²) < 4.78 is 3.35. The van der Waals surface area contributed by atoms with E-state index in [1.165, 1.54) is 0 Å². The first-order chi connectivity index (χ1) is 17.6. The number of nitriles is 1. The van der Waals surface area contributed by atoms with Crippen molar-refractivity contribution in [2.45, 2.75) is 45.9 Å². The van der Waals surface area contributed by atoms with Crippen molar-refractivity contribution in [3.8, 4) is 17.3 Å². The van der Waals surface area contributed by atoms with Gasteiger partial charge in [-0.3, -0.25) is 14.0 Å². The van der Waals surface area contributed by atoms with E-state index in [1.807, 2.05) is 60.7 Å². The van der Waals surface area contributed by atoms with Crippen molar-refractivity contribution in [1.82, 2.24) is 19.0 Å². The Kier molecular flexibility index (Phi) is 6.26. The van der Waals surface area contributed by atoms with E-state index in [1.54, 1.807) is 16.2 Å². The fraction of sp³-hybridized carbons (Fsp3) is 0.367. The minimum Gasteiger partial charge on any atom is -0.384 e. The molecule has 2 aromatic heterocycles. The number of aryl methyl sites for hydroxylation is 1. The van der Waals surface area contributed by atoms with Crippen LogP contribution in [-0.4, -0.2) is 37.2 Å². The van der Waals surface area contributed by atoms with Crippen molar-refractivity contribution in [2.24, 2.45) is 12.5 Å². The van der Waals surface area contributed by atoms with E-state index in [0.717, 1.165) is 28.8 Å². The molecular formula is C30H33N5O2. The quantitative estimate of drug-likeness (QED) is 0.443. The smallest absolute Gasteiger partial charge is 0.330 e. The molecule has 5 rings (SSSR count). The van der Waals surface area contributed by atoms with Crippen molar-refractivity contribution in [3.05, 3.63) is 87.8 Å². The van der Waals surface area contributed by atoms with Crippen LogP contribution in [-0.2, 0) is 25.7 Å². The highest BCUT2D eigenvalue weighted by Crippen LogP contribution is 2.33. The molecule has 0 saturated carbocycles. The number of fused-ring (bicyclic) bond motifs is 1. The zero-order chi connectivity index (χ0) is 26.4. The second-order valence-electron chi connectivity index (χ2n) is 11.4. The zero-order valence-electron chi connectivity index (χ0n) is 21.9. The number of β-amino-alcohol motifs (C(OH)–C–C–N with tert-alkyl or cyclic N) is 1. The zero-order valence-corrected chi connectivity index (χ0v) is 21.9. The van der Waals surface area contributed by atoms with Crippen LogP contribution in [0.3, 0.4) is 0 Å². The van der Waals surface area contributed by atoms with Gasteiger partial charge in [0.05, 0.1) is 22.8 Å². The Bertz CT molecular complexity index is 1560. The predicted octanol–water partition coefficient (Wildman–Crippen LogP) is 4.41. The van der Waals surface area contributed by atoms with Gasteiger partial charge >= 0.3 is 5.69 Å². The summed E-state index contributed by atoms with van der Waals surface area (Å²) in [7, 11) is 1.74. The minimum absolute atomic E-state index is 0.0542. The standard InChI is InChI=1S/C30H33N5O2/c1-29(2,3)19-35-26-13-12-25(32-27(26)33(4)28(35)36)24-16-21(10-11-22(24)17-31)18-34-15-14-30(37,20-34)23-8-6-5-7-9-23/h5-13,16,37H,14-15,18-20H2,1-4H3. The van der Waals surface area contributed by atoms with Crippen molar-refractivity contribution in [3.63, 3.8) is 0 Å². The number of pyridine rings is 1. The molecule has 1 saturated heterocycles. The van der Waals surface area contributed by atoms with E-state index in [0.29, 0.717) is 43.0 Å². The fourth-order valence-corrected chi connectivity index (χ4v) is 5.30. The summed E-state index contributed by atoms with van der Waals surface area (Å²) in [6.07, 6.45) is 0.679. The summed E-state index contributed by atoms with van der Waals surface area (Å²) >= 11 is 0. The molecule has 0 spiro atoms. The van der Waals surface area contributed by atoms with Crippen molar-refractivity contribution < 1.29 is 5.11 Å². The lowest BCUT2D eigenvalue weighted by molar-refractivity contribution is 0.0453. The van der Waals surface area contributed by atoms with Gasteiger partial charge in [0, 0.05) is 38.8 Å². The monoisotopic (exact) mass is 495 g/mol. The first kappa shape index (κ1) is 24.9. The fourth-order valence-electron chi connectivity index (χ4n) is 5.30. The second-order valence-corrected chi connectivity index (χ2v) is 11.4. The molecule has 0 bridgehead atoms. The number of likely N-dealkylation sites (tertiary alicyclic amines) is 1. The van der Waals surface area contributed by atoms with E-state index in [2.05, 4.69) is 31.7 Å². The van der Waals surface area contributed by atoms with Gasteiger partial charge in [0.1, 0.15) is 5.60 Å². The average Bonchev–Trinajstić information content (AvgIpc) is 3.37. The van der Waals surface area contributed by atoms with Gasteiger partial charge < -0.3 is 5.11 Å². The molecule has 2 aromatic carbocycles.